The summed E-state index contributed by atoms with van der Waals surface area (Å²) >= 11 is 0.380. The standard InChI is InChI=1S/C23H13Se/c1-2-7-20-16(4-1)12-19-18-11-10-15-6-3-5-14-8-9-17(13-21(19)24-20)23(18)22(14)15/h1-13H/q+1. The van der Waals surface area contributed by atoms with Crippen molar-refractivity contribution in [2.45, 2.75) is 0 Å². The molecule has 0 aliphatic carbocycles. The third-order valence-corrected chi connectivity index (χ3v) is 7.50. The number of rotatable bonds is 0. The summed E-state index contributed by atoms with van der Waals surface area (Å²) in [6, 6.07) is 29.4. The molecule has 0 saturated heterocycles. The van der Waals surface area contributed by atoms with Gasteiger partial charge in [0.15, 0.2) is 0 Å². The molecule has 0 fully saturated rings. The van der Waals surface area contributed by atoms with Gasteiger partial charge >= 0.3 is 145 Å². The predicted molar refractivity (Wildman–Crippen MR) is 107 cm³/mol. The molecule has 1 heterocycles. The Kier molecular flexibility index (Phi) is 2.44. The molecule has 0 aliphatic heterocycles. The van der Waals surface area contributed by atoms with Crippen molar-refractivity contribution >= 4 is 66.1 Å². The minimum atomic E-state index is 0.380. The Morgan fingerprint density at radius 2 is 1.21 bits per heavy atom. The summed E-state index contributed by atoms with van der Waals surface area (Å²) < 4.78 is 3.00. The first kappa shape index (κ1) is 12.9. The summed E-state index contributed by atoms with van der Waals surface area (Å²) in [5.41, 5.74) is 0. The maximum atomic E-state index is 2.43. The van der Waals surface area contributed by atoms with E-state index in [9.17, 15) is 0 Å². The van der Waals surface area contributed by atoms with Crippen molar-refractivity contribution in [2.75, 3.05) is 0 Å². The molecule has 0 nitrogen and oxygen atoms in total. The van der Waals surface area contributed by atoms with Crippen molar-refractivity contribution < 1.29 is 0 Å². The number of hydrogen-bond donors (Lipinski definition) is 0. The van der Waals surface area contributed by atoms with E-state index in [0.717, 1.165) is 0 Å². The Balaban J connectivity index is 1.95. The van der Waals surface area contributed by atoms with Crippen LogP contribution in [-0.2, 0) is 0 Å². The number of fused-ring (bicyclic) bond motifs is 3. The summed E-state index contributed by atoms with van der Waals surface area (Å²) in [5.74, 6) is 0. The Hall–Kier alpha value is -2.47. The molecule has 110 valence electrons. The summed E-state index contributed by atoms with van der Waals surface area (Å²) in [6.45, 7) is 0. The van der Waals surface area contributed by atoms with E-state index >= 15 is 0 Å². The Morgan fingerprint density at radius 1 is 0.458 bits per heavy atom. The van der Waals surface area contributed by atoms with Crippen molar-refractivity contribution in [1.82, 2.24) is 0 Å². The normalized spacial score (nSPS) is 12.2. The van der Waals surface area contributed by atoms with Crippen LogP contribution in [0.5, 0.6) is 0 Å². The van der Waals surface area contributed by atoms with Gasteiger partial charge in [-0.15, -0.1) is 0 Å². The third kappa shape index (κ3) is 1.61. The van der Waals surface area contributed by atoms with Crippen LogP contribution in [0.4, 0.5) is 0 Å². The average Bonchev–Trinajstić information content (AvgIpc) is 2.64. The van der Waals surface area contributed by atoms with Gasteiger partial charge in [-0.3, -0.25) is 0 Å². The molecule has 0 saturated carbocycles. The van der Waals surface area contributed by atoms with Crippen LogP contribution in [0, 0.1) is 0 Å². The molecule has 0 radical (unpaired) electrons. The van der Waals surface area contributed by atoms with Crippen molar-refractivity contribution in [3.8, 4) is 0 Å². The first-order valence-corrected chi connectivity index (χ1v) is 9.92. The zero-order valence-corrected chi connectivity index (χ0v) is 14.6. The van der Waals surface area contributed by atoms with Crippen molar-refractivity contribution in [3.05, 3.63) is 78.9 Å². The fourth-order valence-corrected chi connectivity index (χ4v) is 6.30. The van der Waals surface area contributed by atoms with E-state index < -0.39 is 0 Å². The molecule has 0 spiro atoms. The number of benzene rings is 5. The van der Waals surface area contributed by atoms with Crippen molar-refractivity contribution in [3.63, 3.8) is 0 Å². The van der Waals surface area contributed by atoms with Crippen LogP contribution in [-0.4, -0.2) is 14.5 Å². The van der Waals surface area contributed by atoms with Gasteiger partial charge in [0.2, 0.25) is 0 Å². The molecule has 1 aromatic heterocycles. The minimum absolute atomic E-state index is 0.380. The van der Waals surface area contributed by atoms with Crippen molar-refractivity contribution in [2.24, 2.45) is 0 Å². The SMILES string of the molecule is c1ccc2[se+]c3cc4ccc5cccc6ccc(c3cc2c1)c4c56. The van der Waals surface area contributed by atoms with E-state index in [1.54, 1.807) is 0 Å². The van der Waals surface area contributed by atoms with Gasteiger partial charge in [0.1, 0.15) is 0 Å². The second kappa shape index (κ2) is 4.54. The Bertz CT molecular complexity index is 1380. The van der Waals surface area contributed by atoms with Crippen LogP contribution >= 0.6 is 0 Å². The summed E-state index contributed by atoms with van der Waals surface area (Å²) in [7, 11) is 0. The molecule has 0 unspecified atom stereocenters. The summed E-state index contributed by atoms with van der Waals surface area (Å²) in [4.78, 5) is 0. The molecule has 0 N–H and O–H groups in total. The van der Waals surface area contributed by atoms with Crippen LogP contribution < -0.4 is 0 Å². The van der Waals surface area contributed by atoms with Crippen molar-refractivity contribution in [1.29, 1.82) is 0 Å². The summed E-state index contributed by atoms with van der Waals surface area (Å²) in [6.07, 6.45) is 0. The van der Waals surface area contributed by atoms with E-state index in [0.29, 0.717) is 14.5 Å². The van der Waals surface area contributed by atoms with Gasteiger partial charge in [-0.2, -0.15) is 0 Å². The molecule has 5 aromatic carbocycles. The van der Waals surface area contributed by atoms with Crippen LogP contribution in [0.15, 0.2) is 78.9 Å². The maximum absolute atomic E-state index is 2.43. The number of hydrogen-bond acceptors (Lipinski definition) is 0. The van der Waals surface area contributed by atoms with E-state index in [1.165, 1.54) is 51.6 Å². The Morgan fingerprint density at radius 3 is 2.12 bits per heavy atom. The van der Waals surface area contributed by atoms with Crippen LogP contribution in [0.3, 0.4) is 0 Å². The van der Waals surface area contributed by atoms with Gasteiger partial charge in [-0.25, -0.2) is 0 Å². The first-order valence-electron chi connectivity index (χ1n) is 8.21. The predicted octanol–water partition coefficient (Wildman–Crippen LogP) is 6.23. The molecule has 6 rings (SSSR count). The molecule has 0 atom stereocenters. The van der Waals surface area contributed by atoms with Gasteiger partial charge in [-0.1, -0.05) is 0 Å². The van der Waals surface area contributed by atoms with E-state index in [2.05, 4.69) is 78.9 Å². The fraction of sp³-hybridized carbons (Fsp3) is 0. The van der Waals surface area contributed by atoms with Crippen LogP contribution in [0.25, 0.3) is 51.6 Å². The van der Waals surface area contributed by atoms with Gasteiger partial charge < -0.3 is 0 Å². The van der Waals surface area contributed by atoms with E-state index in [4.69, 9.17) is 0 Å². The van der Waals surface area contributed by atoms with Gasteiger partial charge in [0, 0.05) is 0 Å². The topological polar surface area (TPSA) is 0 Å². The van der Waals surface area contributed by atoms with Gasteiger partial charge in [0.25, 0.3) is 0 Å². The molecule has 0 aliphatic rings. The second-order valence-corrected chi connectivity index (χ2v) is 8.70. The zero-order valence-electron chi connectivity index (χ0n) is 12.9. The van der Waals surface area contributed by atoms with Crippen LogP contribution in [0.1, 0.15) is 0 Å². The average molecular weight is 368 g/mol. The molecule has 0 bridgehead atoms. The summed E-state index contributed by atoms with van der Waals surface area (Å²) in [5, 5.41) is 11.1. The second-order valence-electron chi connectivity index (χ2n) is 6.43. The fourth-order valence-electron chi connectivity index (χ4n) is 4.01. The molecular formula is C23H13Se+. The van der Waals surface area contributed by atoms with E-state index in [-0.39, 0.29) is 0 Å². The monoisotopic (exact) mass is 369 g/mol. The Labute approximate surface area is 145 Å². The van der Waals surface area contributed by atoms with Gasteiger partial charge in [-0.05, 0) is 0 Å². The zero-order chi connectivity index (χ0) is 15.7. The molecule has 0 amide bonds. The molecule has 24 heavy (non-hydrogen) atoms. The third-order valence-electron chi connectivity index (χ3n) is 5.09. The molecule has 6 aromatic rings. The van der Waals surface area contributed by atoms with Gasteiger partial charge in [0.05, 0.1) is 0 Å². The van der Waals surface area contributed by atoms with E-state index in [1.807, 2.05) is 0 Å². The van der Waals surface area contributed by atoms with Crippen LogP contribution in [0.2, 0.25) is 0 Å². The molecular weight excluding hydrogens is 355 g/mol. The quantitative estimate of drug-likeness (QED) is 0.169. The first-order chi connectivity index (χ1) is 11.9. The molecule has 1 heteroatoms.